The van der Waals surface area contributed by atoms with Crippen molar-refractivity contribution in [2.75, 3.05) is 6.61 Å². The number of rotatable bonds is 2. The Morgan fingerprint density at radius 1 is 1.22 bits per heavy atom. The number of carbonyl (C=O) groups excluding carboxylic acids is 1. The van der Waals surface area contributed by atoms with Crippen LogP contribution >= 0.6 is 11.6 Å². The van der Waals surface area contributed by atoms with Crippen LogP contribution in [0.5, 0.6) is 0 Å². The highest BCUT2D eigenvalue weighted by atomic mass is 35.5. The van der Waals surface area contributed by atoms with Gasteiger partial charge >= 0.3 is 5.43 Å². The average molecular weight is 259 g/mol. The van der Waals surface area contributed by atoms with Gasteiger partial charge in [-0.2, -0.15) is 0 Å². The van der Waals surface area contributed by atoms with Crippen molar-refractivity contribution in [2.45, 2.75) is 5.92 Å². The van der Waals surface area contributed by atoms with E-state index >= 15 is 0 Å². The molecule has 0 N–H and O–H groups in total. The molecule has 0 saturated heterocycles. The molecule has 0 fully saturated rings. The smallest absolute Gasteiger partial charge is 0.403 e. The second-order valence-corrected chi connectivity index (χ2v) is 4.65. The van der Waals surface area contributed by atoms with Gasteiger partial charge in [0.1, 0.15) is 6.61 Å². The zero-order valence-electron chi connectivity index (χ0n) is 9.60. The molecule has 2 aromatic carbocycles. The van der Waals surface area contributed by atoms with Gasteiger partial charge in [-0.15, -0.1) is 0 Å². The first kappa shape index (κ1) is 11.3. The molecule has 90 valence electrons. The molecule has 18 heavy (non-hydrogen) atoms. The Bertz CT molecular complexity index is 646. The first-order chi connectivity index (χ1) is 8.74. The molecule has 0 bridgehead atoms. The van der Waals surface area contributed by atoms with Crippen molar-refractivity contribution >= 4 is 33.9 Å². The predicted octanol–water partition coefficient (Wildman–Crippen LogP) is 4.33. The maximum absolute atomic E-state index is 10.6. The Balaban J connectivity index is 1.97. The molecule has 0 aliphatic heterocycles. The van der Waals surface area contributed by atoms with E-state index in [-0.39, 0.29) is 5.92 Å². The number of ether oxygens (including phenoxy) is 1. The van der Waals surface area contributed by atoms with Crippen LogP contribution in [0.15, 0.2) is 42.5 Å². The molecular weight excluding hydrogens is 248 g/mol. The molecule has 0 aromatic heterocycles. The van der Waals surface area contributed by atoms with Crippen LogP contribution in [0.25, 0.3) is 16.8 Å². The molecule has 1 unspecified atom stereocenters. The monoisotopic (exact) mass is 258 g/mol. The average Bonchev–Trinajstić information content (AvgIpc) is 2.76. The SMILES string of the molecule is O=C(Cl)OCC1C=Cc2cc3ccccc3cc21. The standard InChI is InChI=1S/C15H11ClO2/c16-15(17)18-9-13-6-5-12-7-10-3-1-2-4-11(10)8-14(12)13/h1-8,13H,9H2. The Labute approximate surface area is 110 Å². The van der Waals surface area contributed by atoms with Crippen molar-refractivity contribution in [3.63, 3.8) is 0 Å². The van der Waals surface area contributed by atoms with Crippen LogP contribution in [0.1, 0.15) is 17.0 Å². The minimum atomic E-state index is -0.752. The zero-order chi connectivity index (χ0) is 12.5. The zero-order valence-corrected chi connectivity index (χ0v) is 10.4. The van der Waals surface area contributed by atoms with Crippen LogP contribution < -0.4 is 0 Å². The molecule has 0 radical (unpaired) electrons. The Hall–Kier alpha value is -1.80. The maximum atomic E-state index is 10.6. The Kier molecular flexibility index (Phi) is 2.80. The summed E-state index contributed by atoms with van der Waals surface area (Å²) in [6.45, 7) is 0.296. The van der Waals surface area contributed by atoms with Crippen LogP contribution in [0, 0.1) is 0 Å². The lowest BCUT2D eigenvalue weighted by Crippen LogP contribution is -2.05. The third kappa shape index (κ3) is 2.00. The fourth-order valence-corrected chi connectivity index (χ4v) is 2.43. The summed E-state index contributed by atoms with van der Waals surface area (Å²) in [6.07, 6.45) is 4.11. The molecule has 2 nitrogen and oxygen atoms in total. The van der Waals surface area contributed by atoms with E-state index in [4.69, 9.17) is 16.3 Å². The Morgan fingerprint density at radius 2 is 1.94 bits per heavy atom. The van der Waals surface area contributed by atoms with Crippen LogP contribution in [0.3, 0.4) is 0 Å². The molecular formula is C15H11ClO2. The fourth-order valence-electron chi connectivity index (χ4n) is 2.37. The van der Waals surface area contributed by atoms with Gasteiger partial charge in [0.15, 0.2) is 0 Å². The summed E-state index contributed by atoms with van der Waals surface area (Å²) in [5.41, 5.74) is 1.62. The van der Waals surface area contributed by atoms with Crippen LogP contribution in [-0.2, 0) is 4.74 Å². The van der Waals surface area contributed by atoms with E-state index in [1.165, 1.54) is 21.9 Å². The first-order valence-corrected chi connectivity index (χ1v) is 6.15. The third-order valence-corrected chi connectivity index (χ3v) is 3.34. The fraction of sp³-hybridized carbons (Fsp3) is 0.133. The lowest BCUT2D eigenvalue weighted by Gasteiger charge is -2.11. The largest absolute Gasteiger partial charge is 0.453 e. The van der Waals surface area contributed by atoms with Crippen molar-refractivity contribution < 1.29 is 9.53 Å². The molecule has 1 aliphatic rings. The third-order valence-electron chi connectivity index (χ3n) is 3.24. The van der Waals surface area contributed by atoms with Crippen LogP contribution in [0.2, 0.25) is 0 Å². The first-order valence-electron chi connectivity index (χ1n) is 5.77. The molecule has 1 atom stereocenters. The highest BCUT2D eigenvalue weighted by molar-refractivity contribution is 6.61. The van der Waals surface area contributed by atoms with Crippen LogP contribution in [0.4, 0.5) is 4.79 Å². The summed E-state index contributed by atoms with van der Waals surface area (Å²) in [4.78, 5) is 10.6. The number of hydrogen-bond acceptors (Lipinski definition) is 2. The van der Waals surface area contributed by atoms with E-state index in [0.29, 0.717) is 6.61 Å². The van der Waals surface area contributed by atoms with Gasteiger partial charge in [-0.3, -0.25) is 0 Å². The highest BCUT2D eigenvalue weighted by Gasteiger charge is 2.19. The molecule has 0 spiro atoms. The van der Waals surface area contributed by atoms with Gasteiger partial charge in [-0.05, 0) is 34.0 Å². The number of fused-ring (bicyclic) bond motifs is 2. The molecule has 3 rings (SSSR count). The number of halogens is 1. The van der Waals surface area contributed by atoms with E-state index in [1.54, 1.807) is 0 Å². The highest BCUT2D eigenvalue weighted by Crippen LogP contribution is 2.33. The van der Waals surface area contributed by atoms with Gasteiger partial charge in [0.05, 0.1) is 0 Å². The molecule has 0 saturated carbocycles. The van der Waals surface area contributed by atoms with E-state index in [2.05, 4.69) is 30.3 Å². The number of benzene rings is 2. The van der Waals surface area contributed by atoms with Gasteiger partial charge in [-0.25, -0.2) is 4.79 Å². The van der Waals surface area contributed by atoms with Crippen molar-refractivity contribution in [3.05, 3.63) is 53.6 Å². The van der Waals surface area contributed by atoms with Crippen molar-refractivity contribution in [1.82, 2.24) is 0 Å². The number of hydrogen-bond donors (Lipinski definition) is 0. The van der Waals surface area contributed by atoms with E-state index in [9.17, 15) is 4.79 Å². The lowest BCUT2D eigenvalue weighted by molar-refractivity contribution is 0.170. The summed E-state index contributed by atoms with van der Waals surface area (Å²) >= 11 is 5.19. The predicted molar refractivity (Wildman–Crippen MR) is 72.9 cm³/mol. The van der Waals surface area contributed by atoms with Crippen LogP contribution in [-0.4, -0.2) is 12.0 Å². The summed E-state index contributed by atoms with van der Waals surface area (Å²) < 4.78 is 4.87. The molecule has 2 aromatic rings. The molecule has 0 heterocycles. The van der Waals surface area contributed by atoms with Gasteiger partial charge in [0.2, 0.25) is 0 Å². The normalized spacial score (nSPS) is 16.8. The van der Waals surface area contributed by atoms with Gasteiger partial charge in [-0.1, -0.05) is 36.4 Å². The topological polar surface area (TPSA) is 26.3 Å². The molecule has 0 amide bonds. The Morgan fingerprint density at radius 3 is 2.67 bits per heavy atom. The van der Waals surface area contributed by atoms with E-state index in [1.807, 2.05) is 18.2 Å². The second kappa shape index (κ2) is 4.46. The molecule has 3 heteroatoms. The van der Waals surface area contributed by atoms with Gasteiger partial charge in [0, 0.05) is 17.5 Å². The quantitative estimate of drug-likeness (QED) is 0.750. The second-order valence-electron chi connectivity index (χ2n) is 4.34. The summed E-state index contributed by atoms with van der Waals surface area (Å²) in [5, 5.41) is 2.41. The van der Waals surface area contributed by atoms with E-state index in [0.717, 1.165) is 0 Å². The van der Waals surface area contributed by atoms with Gasteiger partial charge < -0.3 is 4.74 Å². The summed E-state index contributed by atoms with van der Waals surface area (Å²) in [5.74, 6) is 0.104. The number of carbonyl (C=O) groups is 1. The summed E-state index contributed by atoms with van der Waals surface area (Å²) in [6, 6.07) is 12.5. The minimum Gasteiger partial charge on any atom is -0.453 e. The lowest BCUT2D eigenvalue weighted by atomic mass is 9.97. The molecule has 1 aliphatic carbocycles. The van der Waals surface area contributed by atoms with Gasteiger partial charge in [0.25, 0.3) is 0 Å². The maximum Gasteiger partial charge on any atom is 0.403 e. The van der Waals surface area contributed by atoms with Crippen molar-refractivity contribution in [3.8, 4) is 0 Å². The summed E-state index contributed by atoms with van der Waals surface area (Å²) in [7, 11) is 0. The van der Waals surface area contributed by atoms with E-state index < -0.39 is 5.43 Å². The minimum absolute atomic E-state index is 0.104. The van der Waals surface area contributed by atoms with Crippen molar-refractivity contribution in [1.29, 1.82) is 0 Å². The van der Waals surface area contributed by atoms with Crippen molar-refractivity contribution in [2.24, 2.45) is 0 Å².